The fraction of sp³-hybridized carbons (Fsp3) is 0.524. The molecule has 0 heterocycles. The molecule has 5 heteroatoms. The van der Waals surface area contributed by atoms with E-state index in [1.165, 1.54) is 20.5 Å². The van der Waals surface area contributed by atoms with E-state index >= 15 is 0 Å². The highest BCUT2D eigenvalue weighted by atomic mass is 16.5. The number of rotatable bonds is 10. The van der Waals surface area contributed by atoms with Crippen molar-refractivity contribution < 1.29 is 23.8 Å². The van der Waals surface area contributed by atoms with E-state index in [1.54, 1.807) is 24.3 Å². The van der Waals surface area contributed by atoms with Crippen LogP contribution < -0.4 is 4.74 Å². The SMILES string of the molecule is CCC(C)CCCC(C)C(=O)Oc1ccccc1C(=COC)C(=O)OC. The highest BCUT2D eigenvalue weighted by Crippen LogP contribution is 2.28. The van der Waals surface area contributed by atoms with Crippen molar-refractivity contribution in [3.63, 3.8) is 0 Å². The lowest BCUT2D eigenvalue weighted by atomic mass is 9.97. The second kappa shape index (κ2) is 11.3. The third-order valence-electron chi connectivity index (χ3n) is 4.46. The van der Waals surface area contributed by atoms with Crippen LogP contribution in [0.25, 0.3) is 5.57 Å². The van der Waals surface area contributed by atoms with Crippen LogP contribution in [0.5, 0.6) is 5.75 Å². The van der Waals surface area contributed by atoms with Gasteiger partial charge in [0.05, 0.1) is 26.4 Å². The molecule has 144 valence electrons. The number of carbonyl (C=O) groups excluding carboxylic acids is 2. The molecule has 0 saturated carbocycles. The monoisotopic (exact) mass is 362 g/mol. The Bertz CT molecular complexity index is 621. The number of ether oxygens (including phenoxy) is 3. The van der Waals surface area contributed by atoms with Crippen LogP contribution in [-0.2, 0) is 19.1 Å². The maximum absolute atomic E-state index is 12.4. The zero-order valence-corrected chi connectivity index (χ0v) is 16.4. The van der Waals surface area contributed by atoms with Crippen molar-refractivity contribution >= 4 is 17.5 Å². The highest BCUT2D eigenvalue weighted by molar-refractivity contribution is 6.17. The summed E-state index contributed by atoms with van der Waals surface area (Å²) in [5.74, 6) is -0.0824. The van der Waals surface area contributed by atoms with Crippen LogP contribution >= 0.6 is 0 Å². The van der Waals surface area contributed by atoms with Gasteiger partial charge in [0.15, 0.2) is 0 Å². The summed E-state index contributed by atoms with van der Waals surface area (Å²) in [7, 11) is 2.73. The lowest BCUT2D eigenvalue weighted by Gasteiger charge is -2.15. The summed E-state index contributed by atoms with van der Waals surface area (Å²) in [4.78, 5) is 24.4. The topological polar surface area (TPSA) is 61.8 Å². The molecule has 5 nitrogen and oxygen atoms in total. The molecule has 1 aromatic rings. The summed E-state index contributed by atoms with van der Waals surface area (Å²) in [5, 5.41) is 0. The predicted molar refractivity (Wildman–Crippen MR) is 102 cm³/mol. The standard InChI is InChI=1S/C21H30O5/c1-6-15(2)10-9-11-16(3)20(22)26-19-13-8-7-12-17(19)18(14-24-4)21(23)25-5/h7-8,12-16H,6,9-11H2,1-5H3. The summed E-state index contributed by atoms with van der Waals surface area (Å²) in [6, 6.07) is 6.86. The first-order valence-electron chi connectivity index (χ1n) is 9.06. The largest absolute Gasteiger partial charge is 0.503 e. The lowest BCUT2D eigenvalue weighted by Crippen LogP contribution is -2.19. The van der Waals surface area contributed by atoms with Crippen molar-refractivity contribution in [3.8, 4) is 5.75 Å². The van der Waals surface area contributed by atoms with E-state index in [-0.39, 0.29) is 17.5 Å². The second-order valence-corrected chi connectivity index (χ2v) is 6.52. The fourth-order valence-electron chi connectivity index (χ4n) is 2.53. The third kappa shape index (κ3) is 6.54. The van der Waals surface area contributed by atoms with Crippen LogP contribution in [0.1, 0.15) is 52.0 Å². The molecule has 1 aromatic carbocycles. The Kier molecular flexibility index (Phi) is 9.48. The van der Waals surface area contributed by atoms with E-state index in [0.29, 0.717) is 17.2 Å². The Morgan fingerprint density at radius 3 is 2.42 bits per heavy atom. The molecule has 0 radical (unpaired) electrons. The molecule has 0 saturated heterocycles. The predicted octanol–water partition coefficient (Wildman–Crippen LogP) is 4.60. The van der Waals surface area contributed by atoms with E-state index in [2.05, 4.69) is 13.8 Å². The van der Waals surface area contributed by atoms with Gasteiger partial charge in [-0.15, -0.1) is 0 Å². The Labute approximate surface area is 156 Å². The molecule has 2 atom stereocenters. The second-order valence-electron chi connectivity index (χ2n) is 6.52. The van der Waals surface area contributed by atoms with Crippen LogP contribution in [0.4, 0.5) is 0 Å². The number of benzene rings is 1. The molecule has 2 unspecified atom stereocenters. The van der Waals surface area contributed by atoms with Gasteiger partial charge < -0.3 is 14.2 Å². The van der Waals surface area contributed by atoms with E-state index in [0.717, 1.165) is 25.7 Å². The van der Waals surface area contributed by atoms with E-state index in [1.807, 2.05) is 6.92 Å². The van der Waals surface area contributed by atoms with Crippen molar-refractivity contribution in [3.05, 3.63) is 36.1 Å². The van der Waals surface area contributed by atoms with Gasteiger partial charge in [-0.1, -0.05) is 58.2 Å². The first kappa shape index (κ1) is 21.7. The quantitative estimate of drug-likeness (QED) is 0.263. The number of para-hydroxylation sites is 1. The van der Waals surface area contributed by atoms with Gasteiger partial charge in [0.2, 0.25) is 0 Å². The molecule has 0 N–H and O–H groups in total. The van der Waals surface area contributed by atoms with Gasteiger partial charge in [-0.05, 0) is 18.4 Å². The molecule has 1 rings (SSSR count). The Balaban J connectivity index is 2.85. The van der Waals surface area contributed by atoms with E-state index < -0.39 is 5.97 Å². The van der Waals surface area contributed by atoms with Crippen molar-refractivity contribution in [2.45, 2.75) is 46.5 Å². The summed E-state index contributed by atoms with van der Waals surface area (Å²) in [6.07, 6.45) is 5.31. The molecule has 0 fully saturated rings. The zero-order valence-electron chi connectivity index (χ0n) is 16.4. The van der Waals surface area contributed by atoms with Crippen molar-refractivity contribution in [2.75, 3.05) is 14.2 Å². The molecular weight excluding hydrogens is 332 g/mol. The van der Waals surface area contributed by atoms with Crippen LogP contribution in [0.2, 0.25) is 0 Å². The fourth-order valence-corrected chi connectivity index (χ4v) is 2.53. The average Bonchev–Trinajstić information content (AvgIpc) is 2.65. The molecule has 0 spiro atoms. The molecule has 26 heavy (non-hydrogen) atoms. The van der Waals surface area contributed by atoms with Gasteiger partial charge in [-0.25, -0.2) is 4.79 Å². The molecule has 0 bridgehead atoms. The van der Waals surface area contributed by atoms with Gasteiger partial charge in [0.25, 0.3) is 0 Å². The first-order chi connectivity index (χ1) is 12.4. The average molecular weight is 362 g/mol. The zero-order chi connectivity index (χ0) is 19.5. The smallest absolute Gasteiger partial charge is 0.341 e. The normalized spacial score (nSPS) is 13.7. The maximum atomic E-state index is 12.4. The Morgan fingerprint density at radius 1 is 1.12 bits per heavy atom. The molecule has 0 aliphatic heterocycles. The maximum Gasteiger partial charge on any atom is 0.341 e. The molecule has 0 aliphatic carbocycles. The van der Waals surface area contributed by atoms with Crippen molar-refractivity contribution in [1.82, 2.24) is 0 Å². The molecule has 0 aliphatic rings. The van der Waals surface area contributed by atoms with Crippen LogP contribution in [0, 0.1) is 11.8 Å². The van der Waals surface area contributed by atoms with Crippen molar-refractivity contribution in [2.24, 2.45) is 11.8 Å². The van der Waals surface area contributed by atoms with Crippen LogP contribution in [0.3, 0.4) is 0 Å². The van der Waals surface area contributed by atoms with Gasteiger partial charge in [-0.3, -0.25) is 4.79 Å². The Hall–Kier alpha value is -2.30. The van der Waals surface area contributed by atoms with Crippen LogP contribution in [-0.4, -0.2) is 26.2 Å². The summed E-state index contributed by atoms with van der Waals surface area (Å²) in [5.41, 5.74) is 0.657. The molecule has 0 aromatic heterocycles. The number of methoxy groups -OCH3 is 2. The van der Waals surface area contributed by atoms with Crippen molar-refractivity contribution in [1.29, 1.82) is 0 Å². The first-order valence-corrected chi connectivity index (χ1v) is 9.06. The number of hydrogen-bond donors (Lipinski definition) is 0. The minimum atomic E-state index is -0.558. The highest BCUT2D eigenvalue weighted by Gasteiger charge is 2.21. The summed E-state index contributed by atoms with van der Waals surface area (Å²) < 4.78 is 15.3. The minimum absolute atomic E-state index is 0.197. The number of esters is 2. The number of hydrogen-bond acceptors (Lipinski definition) is 5. The third-order valence-corrected chi connectivity index (χ3v) is 4.46. The van der Waals surface area contributed by atoms with Crippen LogP contribution in [0.15, 0.2) is 30.5 Å². The van der Waals surface area contributed by atoms with E-state index in [9.17, 15) is 9.59 Å². The minimum Gasteiger partial charge on any atom is -0.503 e. The molecular formula is C21H30O5. The molecule has 0 amide bonds. The lowest BCUT2D eigenvalue weighted by molar-refractivity contribution is -0.139. The number of carbonyl (C=O) groups is 2. The van der Waals surface area contributed by atoms with Gasteiger partial charge in [0, 0.05) is 5.56 Å². The summed E-state index contributed by atoms with van der Waals surface area (Å²) in [6.45, 7) is 6.26. The van der Waals surface area contributed by atoms with Gasteiger partial charge >= 0.3 is 11.9 Å². The van der Waals surface area contributed by atoms with Gasteiger partial charge in [-0.2, -0.15) is 0 Å². The van der Waals surface area contributed by atoms with Gasteiger partial charge in [0.1, 0.15) is 11.3 Å². The van der Waals surface area contributed by atoms with E-state index in [4.69, 9.17) is 14.2 Å². The Morgan fingerprint density at radius 2 is 1.81 bits per heavy atom. The summed E-state index contributed by atoms with van der Waals surface area (Å²) >= 11 is 0.